The van der Waals surface area contributed by atoms with Crippen LogP contribution in [-0.4, -0.2) is 40.0 Å². The van der Waals surface area contributed by atoms with Gasteiger partial charge in [0, 0.05) is 5.56 Å². The number of furan rings is 1. The topological polar surface area (TPSA) is 108 Å². The van der Waals surface area contributed by atoms with Gasteiger partial charge in [-0.3, -0.25) is 10.2 Å². The first-order valence-electron chi connectivity index (χ1n) is 8.78. The summed E-state index contributed by atoms with van der Waals surface area (Å²) in [4.78, 5) is 28.4. The summed E-state index contributed by atoms with van der Waals surface area (Å²) in [5.41, 5.74) is 1.02. The van der Waals surface area contributed by atoms with Crippen molar-refractivity contribution >= 4 is 45.8 Å². The molecule has 0 unspecified atom stereocenters. The van der Waals surface area contributed by atoms with Crippen LogP contribution < -0.4 is 0 Å². The van der Waals surface area contributed by atoms with Crippen LogP contribution >= 0.6 is 11.8 Å². The molecule has 9 heteroatoms. The van der Waals surface area contributed by atoms with Gasteiger partial charge in [0.15, 0.2) is 5.84 Å². The molecule has 0 saturated carbocycles. The molecule has 0 aliphatic carbocycles. The maximum Gasteiger partial charge on any atom is 0.338 e. The van der Waals surface area contributed by atoms with Crippen LogP contribution in [0.2, 0.25) is 0 Å². The Morgan fingerprint density at radius 3 is 2.86 bits per heavy atom. The van der Waals surface area contributed by atoms with E-state index in [1.54, 1.807) is 36.4 Å². The lowest BCUT2D eigenvalue weighted by Crippen LogP contribution is -2.35. The van der Waals surface area contributed by atoms with E-state index in [0.717, 1.165) is 5.04 Å². The van der Waals surface area contributed by atoms with Crippen LogP contribution in [0.1, 0.15) is 29.5 Å². The summed E-state index contributed by atoms with van der Waals surface area (Å²) in [6, 6.07) is 10.3. The molecule has 1 N–H and O–H groups in total. The molecule has 0 saturated heterocycles. The van der Waals surface area contributed by atoms with Crippen molar-refractivity contribution in [2.24, 2.45) is 10.1 Å². The molecular weight excluding hydrogens is 392 g/mol. The number of hydrogen-bond acceptors (Lipinski definition) is 7. The standard InChI is InChI=1S/C20H16N4O4S/c1-3-16-23-24-17(21)14(18(25)22-20(24)29-16)10-11-8-9-15(28-11)12-6-4-5-7-13(12)19(26)27-2/h4-10,21H,3H2,1-2H3. The minimum atomic E-state index is -0.519. The zero-order valence-corrected chi connectivity index (χ0v) is 16.4. The van der Waals surface area contributed by atoms with Gasteiger partial charge >= 0.3 is 5.97 Å². The number of rotatable bonds is 4. The lowest BCUT2D eigenvalue weighted by atomic mass is 10.1. The minimum absolute atomic E-state index is 0.0520. The Morgan fingerprint density at radius 1 is 1.31 bits per heavy atom. The quantitative estimate of drug-likeness (QED) is 0.609. The van der Waals surface area contributed by atoms with Gasteiger partial charge in [-0.1, -0.05) is 25.1 Å². The molecule has 146 valence electrons. The molecule has 0 fully saturated rings. The number of amidine groups is 2. The van der Waals surface area contributed by atoms with E-state index in [9.17, 15) is 9.59 Å². The fourth-order valence-corrected chi connectivity index (χ4v) is 3.70. The second-order valence-corrected chi connectivity index (χ2v) is 7.15. The minimum Gasteiger partial charge on any atom is -0.465 e. The van der Waals surface area contributed by atoms with Crippen LogP contribution in [0.25, 0.3) is 17.4 Å². The number of benzene rings is 1. The maximum absolute atomic E-state index is 12.4. The zero-order chi connectivity index (χ0) is 20.5. The van der Waals surface area contributed by atoms with Crippen molar-refractivity contribution in [1.29, 1.82) is 5.41 Å². The van der Waals surface area contributed by atoms with Gasteiger partial charge in [-0.25, -0.2) is 4.79 Å². The van der Waals surface area contributed by atoms with Crippen LogP contribution in [0, 0.1) is 5.41 Å². The lowest BCUT2D eigenvalue weighted by molar-refractivity contribution is -0.114. The molecular formula is C20H16N4O4S. The number of aliphatic imine (C=N–C) groups is 1. The smallest absolute Gasteiger partial charge is 0.338 e. The second kappa shape index (κ2) is 7.51. The highest BCUT2D eigenvalue weighted by Crippen LogP contribution is 2.31. The fraction of sp³-hybridized carbons (Fsp3) is 0.150. The summed E-state index contributed by atoms with van der Waals surface area (Å²) in [5, 5.41) is 15.2. The van der Waals surface area contributed by atoms with Gasteiger partial charge in [0.2, 0.25) is 5.17 Å². The number of hydrazone groups is 1. The van der Waals surface area contributed by atoms with Crippen LogP contribution in [0.3, 0.4) is 0 Å². The molecule has 0 atom stereocenters. The Morgan fingerprint density at radius 2 is 2.10 bits per heavy atom. The molecule has 0 bridgehead atoms. The fourth-order valence-electron chi connectivity index (χ4n) is 2.88. The highest BCUT2D eigenvalue weighted by molar-refractivity contribution is 8.26. The molecule has 2 aliphatic heterocycles. The van der Waals surface area contributed by atoms with Crippen molar-refractivity contribution in [2.75, 3.05) is 7.11 Å². The molecule has 4 rings (SSSR count). The highest BCUT2D eigenvalue weighted by Gasteiger charge is 2.35. The van der Waals surface area contributed by atoms with E-state index < -0.39 is 11.9 Å². The summed E-state index contributed by atoms with van der Waals surface area (Å²) in [6.45, 7) is 1.95. The number of methoxy groups -OCH3 is 1. The van der Waals surface area contributed by atoms with E-state index in [1.807, 2.05) is 6.92 Å². The number of esters is 1. The number of nitrogens with zero attached hydrogens (tertiary/aromatic N) is 3. The molecule has 2 aromatic rings. The zero-order valence-electron chi connectivity index (χ0n) is 15.6. The number of ether oxygens (including phenoxy) is 1. The van der Waals surface area contributed by atoms with Crippen LogP contribution in [0.5, 0.6) is 0 Å². The van der Waals surface area contributed by atoms with E-state index in [0.29, 0.717) is 34.2 Å². The molecule has 1 aromatic carbocycles. The number of fused-ring (bicyclic) bond motifs is 1. The third kappa shape index (κ3) is 3.40. The Bertz CT molecular complexity index is 1130. The third-order valence-corrected chi connectivity index (χ3v) is 5.36. The van der Waals surface area contributed by atoms with Gasteiger partial charge < -0.3 is 9.15 Å². The normalized spacial score (nSPS) is 17.3. The van der Waals surface area contributed by atoms with Crippen molar-refractivity contribution in [2.45, 2.75) is 13.3 Å². The first kappa shape index (κ1) is 18.9. The van der Waals surface area contributed by atoms with Crippen molar-refractivity contribution in [3.05, 3.63) is 53.3 Å². The second-order valence-electron chi connectivity index (χ2n) is 6.11. The van der Waals surface area contributed by atoms with Crippen molar-refractivity contribution in [3.63, 3.8) is 0 Å². The molecule has 1 amide bonds. The number of thioether (sulfide) groups is 1. The monoisotopic (exact) mass is 408 g/mol. The van der Waals surface area contributed by atoms with E-state index in [2.05, 4.69) is 10.1 Å². The molecule has 0 radical (unpaired) electrons. The largest absolute Gasteiger partial charge is 0.465 e. The molecule has 3 heterocycles. The SMILES string of the molecule is CCC1=NN2C(=N)C(=Cc3ccc(-c4ccccc4C(=O)OC)o3)C(=O)N=C2S1. The maximum atomic E-state index is 12.4. The van der Waals surface area contributed by atoms with Crippen LogP contribution in [0.15, 0.2) is 56.5 Å². The predicted molar refractivity (Wildman–Crippen MR) is 111 cm³/mol. The van der Waals surface area contributed by atoms with E-state index in [-0.39, 0.29) is 11.4 Å². The first-order chi connectivity index (χ1) is 14.0. The Kier molecular flexibility index (Phi) is 4.89. The Hall–Kier alpha value is -3.46. The number of hydrogen-bond donors (Lipinski definition) is 1. The number of carbonyl (C=O) groups excluding carboxylic acids is 2. The van der Waals surface area contributed by atoms with Gasteiger partial charge in [-0.2, -0.15) is 15.1 Å². The van der Waals surface area contributed by atoms with Gasteiger partial charge in [0.1, 0.15) is 16.6 Å². The summed E-state index contributed by atoms with van der Waals surface area (Å²) in [5.74, 6) is -0.241. The number of carbonyl (C=O) groups is 2. The summed E-state index contributed by atoms with van der Waals surface area (Å²) in [7, 11) is 1.31. The van der Waals surface area contributed by atoms with Gasteiger partial charge in [-0.15, -0.1) is 0 Å². The van der Waals surface area contributed by atoms with Gasteiger partial charge in [0.25, 0.3) is 5.91 Å². The average molecular weight is 408 g/mol. The van der Waals surface area contributed by atoms with Crippen LogP contribution in [-0.2, 0) is 9.53 Å². The Balaban J connectivity index is 1.67. The van der Waals surface area contributed by atoms with E-state index >= 15 is 0 Å². The summed E-state index contributed by atoms with van der Waals surface area (Å²) < 4.78 is 10.6. The summed E-state index contributed by atoms with van der Waals surface area (Å²) in [6.07, 6.45) is 2.15. The van der Waals surface area contributed by atoms with Crippen molar-refractivity contribution < 1.29 is 18.7 Å². The van der Waals surface area contributed by atoms with Gasteiger partial charge in [-0.05, 0) is 42.5 Å². The number of amides is 1. The van der Waals surface area contributed by atoms with Crippen molar-refractivity contribution in [1.82, 2.24) is 5.01 Å². The molecule has 29 heavy (non-hydrogen) atoms. The number of nitrogens with one attached hydrogen (secondary N) is 1. The molecule has 0 spiro atoms. The Labute approximate surface area is 170 Å². The highest BCUT2D eigenvalue weighted by atomic mass is 32.2. The lowest BCUT2D eigenvalue weighted by Gasteiger charge is -2.19. The summed E-state index contributed by atoms with van der Waals surface area (Å²) >= 11 is 1.29. The van der Waals surface area contributed by atoms with Gasteiger partial charge in [0.05, 0.1) is 18.2 Å². The van der Waals surface area contributed by atoms with E-state index in [1.165, 1.54) is 30.0 Å². The predicted octanol–water partition coefficient (Wildman–Crippen LogP) is 3.76. The molecule has 2 aliphatic rings. The van der Waals surface area contributed by atoms with Crippen LogP contribution in [0.4, 0.5) is 0 Å². The first-order valence-corrected chi connectivity index (χ1v) is 9.60. The molecule has 1 aromatic heterocycles. The third-order valence-electron chi connectivity index (χ3n) is 4.31. The van der Waals surface area contributed by atoms with E-state index in [4.69, 9.17) is 14.6 Å². The van der Waals surface area contributed by atoms with Crippen molar-refractivity contribution in [3.8, 4) is 11.3 Å². The average Bonchev–Trinajstić information content (AvgIpc) is 3.37. The molecule has 8 nitrogen and oxygen atoms in total.